The third kappa shape index (κ3) is 3.94. The van der Waals surface area contributed by atoms with Crippen LogP contribution in [-0.2, 0) is 6.54 Å². The van der Waals surface area contributed by atoms with Gasteiger partial charge in [-0.3, -0.25) is 4.90 Å². The molecule has 3 atom stereocenters. The number of likely N-dealkylation sites (tertiary alicyclic amines) is 1. The summed E-state index contributed by atoms with van der Waals surface area (Å²) in [4.78, 5) is 3.97. The summed E-state index contributed by atoms with van der Waals surface area (Å²) < 4.78 is 0.898. The Bertz CT molecular complexity index is 393. The van der Waals surface area contributed by atoms with Crippen LogP contribution in [0, 0.1) is 5.92 Å². The average Bonchev–Trinajstić information content (AvgIpc) is 2.80. The first kappa shape index (κ1) is 15.3. The quantitative estimate of drug-likeness (QED) is 0.884. The normalized spacial score (nSPS) is 28.7. The van der Waals surface area contributed by atoms with E-state index in [4.69, 9.17) is 11.6 Å². The fourth-order valence-corrected chi connectivity index (χ4v) is 4.03. The highest BCUT2D eigenvalue weighted by Gasteiger charge is 2.31. The van der Waals surface area contributed by atoms with E-state index in [0.717, 1.165) is 17.4 Å². The standard InChI is InChI=1S/C15H25ClN2S/c1-4-8-17-14-7-9-18(12(3)11(14)2)10-13-5-6-15(16)19-13/h5-6,11-12,14,17H,4,7-10H2,1-3H3. The number of hydrogen-bond acceptors (Lipinski definition) is 3. The molecular weight excluding hydrogens is 276 g/mol. The second-order valence-electron chi connectivity index (χ2n) is 5.63. The van der Waals surface area contributed by atoms with Crippen molar-refractivity contribution in [2.24, 2.45) is 5.92 Å². The number of halogens is 1. The van der Waals surface area contributed by atoms with Gasteiger partial charge in [-0.15, -0.1) is 11.3 Å². The van der Waals surface area contributed by atoms with Gasteiger partial charge < -0.3 is 5.32 Å². The monoisotopic (exact) mass is 300 g/mol. The zero-order valence-corrected chi connectivity index (χ0v) is 13.7. The molecule has 0 spiro atoms. The Kier molecular flexibility index (Phi) is 5.70. The second-order valence-corrected chi connectivity index (χ2v) is 7.42. The van der Waals surface area contributed by atoms with Gasteiger partial charge in [0, 0.05) is 30.1 Å². The molecule has 0 amide bonds. The van der Waals surface area contributed by atoms with Gasteiger partial charge in [0.05, 0.1) is 4.34 Å². The molecule has 1 N–H and O–H groups in total. The molecule has 1 aliphatic rings. The van der Waals surface area contributed by atoms with E-state index in [1.54, 1.807) is 11.3 Å². The molecule has 108 valence electrons. The van der Waals surface area contributed by atoms with E-state index in [1.807, 2.05) is 6.07 Å². The largest absolute Gasteiger partial charge is 0.314 e. The predicted molar refractivity (Wildman–Crippen MR) is 85.1 cm³/mol. The van der Waals surface area contributed by atoms with Gasteiger partial charge in [-0.25, -0.2) is 0 Å². The molecule has 0 bridgehead atoms. The van der Waals surface area contributed by atoms with E-state index < -0.39 is 0 Å². The van der Waals surface area contributed by atoms with Gasteiger partial charge in [-0.2, -0.15) is 0 Å². The van der Waals surface area contributed by atoms with Crippen LogP contribution in [-0.4, -0.2) is 30.1 Å². The summed E-state index contributed by atoms with van der Waals surface area (Å²) in [7, 11) is 0. The molecule has 19 heavy (non-hydrogen) atoms. The number of thiophene rings is 1. The summed E-state index contributed by atoms with van der Waals surface area (Å²) in [5.74, 6) is 0.704. The number of hydrogen-bond donors (Lipinski definition) is 1. The van der Waals surface area contributed by atoms with E-state index in [1.165, 1.54) is 24.3 Å². The number of nitrogens with zero attached hydrogens (tertiary/aromatic N) is 1. The third-order valence-electron chi connectivity index (χ3n) is 4.34. The maximum absolute atomic E-state index is 6.01. The molecule has 0 aliphatic carbocycles. The molecule has 2 heterocycles. The van der Waals surface area contributed by atoms with Crippen molar-refractivity contribution < 1.29 is 0 Å². The van der Waals surface area contributed by atoms with Crippen molar-refractivity contribution in [1.82, 2.24) is 10.2 Å². The van der Waals surface area contributed by atoms with Crippen molar-refractivity contribution in [1.29, 1.82) is 0 Å². The first-order valence-electron chi connectivity index (χ1n) is 7.33. The van der Waals surface area contributed by atoms with Gasteiger partial charge in [-0.1, -0.05) is 25.4 Å². The average molecular weight is 301 g/mol. The van der Waals surface area contributed by atoms with Crippen LogP contribution in [0.3, 0.4) is 0 Å². The summed E-state index contributed by atoms with van der Waals surface area (Å²) in [6.07, 6.45) is 2.47. The van der Waals surface area contributed by atoms with Crippen molar-refractivity contribution in [3.63, 3.8) is 0 Å². The highest BCUT2D eigenvalue weighted by molar-refractivity contribution is 7.16. The van der Waals surface area contributed by atoms with Crippen LogP contribution < -0.4 is 5.32 Å². The van der Waals surface area contributed by atoms with Crippen molar-refractivity contribution in [3.8, 4) is 0 Å². The SMILES string of the molecule is CCCNC1CCN(Cc2ccc(Cl)s2)C(C)C1C. The highest BCUT2D eigenvalue weighted by atomic mass is 35.5. The first-order valence-corrected chi connectivity index (χ1v) is 8.53. The van der Waals surface area contributed by atoms with Crippen molar-refractivity contribution in [2.45, 2.75) is 52.2 Å². The van der Waals surface area contributed by atoms with Crippen LogP contribution in [0.1, 0.15) is 38.5 Å². The summed E-state index contributed by atoms with van der Waals surface area (Å²) in [5.41, 5.74) is 0. The number of piperidine rings is 1. The molecule has 1 aliphatic heterocycles. The molecule has 1 aromatic rings. The minimum atomic E-state index is 0.629. The maximum Gasteiger partial charge on any atom is 0.0931 e. The lowest BCUT2D eigenvalue weighted by Gasteiger charge is -2.43. The summed E-state index contributed by atoms with van der Waals surface area (Å²) in [6, 6.07) is 5.47. The van der Waals surface area contributed by atoms with Crippen molar-refractivity contribution in [3.05, 3.63) is 21.3 Å². The zero-order chi connectivity index (χ0) is 13.8. The van der Waals surface area contributed by atoms with Crippen LogP contribution in [0.15, 0.2) is 12.1 Å². The minimum Gasteiger partial charge on any atom is -0.314 e. The molecule has 2 rings (SSSR count). The molecule has 0 saturated carbocycles. The third-order valence-corrected chi connectivity index (χ3v) is 5.56. The molecule has 1 saturated heterocycles. The maximum atomic E-state index is 6.01. The highest BCUT2D eigenvalue weighted by Crippen LogP contribution is 2.28. The Labute approximate surface area is 126 Å². The number of nitrogens with one attached hydrogen (secondary N) is 1. The molecule has 2 nitrogen and oxygen atoms in total. The fraction of sp³-hybridized carbons (Fsp3) is 0.733. The number of rotatable bonds is 5. The van der Waals surface area contributed by atoms with E-state index in [0.29, 0.717) is 18.0 Å². The van der Waals surface area contributed by atoms with Crippen LogP contribution in [0.5, 0.6) is 0 Å². The molecule has 4 heteroatoms. The fourth-order valence-electron chi connectivity index (χ4n) is 2.92. The van der Waals surface area contributed by atoms with Crippen molar-refractivity contribution >= 4 is 22.9 Å². The lowest BCUT2D eigenvalue weighted by molar-refractivity contribution is 0.0794. The van der Waals surface area contributed by atoms with Crippen LogP contribution >= 0.6 is 22.9 Å². The van der Waals surface area contributed by atoms with E-state index in [2.05, 4.69) is 37.1 Å². The Morgan fingerprint density at radius 2 is 2.21 bits per heavy atom. The molecule has 0 aromatic carbocycles. The lowest BCUT2D eigenvalue weighted by atomic mass is 9.87. The Morgan fingerprint density at radius 1 is 1.42 bits per heavy atom. The Balaban J connectivity index is 1.91. The van der Waals surface area contributed by atoms with Gasteiger partial charge in [0.15, 0.2) is 0 Å². The van der Waals surface area contributed by atoms with Gasteiger partial charge in [0.1, 0.15) is 0 Å². The molecule has 1 fully saturated rings. The zero-order valence-electron chi connectivity index (χ0n) is 12.2. The Hall–Kier alpha value is -0.0900. The predicted octanol–water partition coefficient (Wildman–Crippen LogP) is 4.00. The minimum absolute atomic E-state index is 0.629. The van der Waals surface area contributed by atoms with Crippen LogP contribution in [0.2, 0.25) is 4.34 Å². The summed E-state index contributed by atoms with van der Waals surface area (Å²) >= 11 is 7.72. The van der Waals surface area contributed by atoms with Gasteiger partial charge in [-0.05, 0) is 44.4 Å². The second kappa shape index (κ2) is 7.07. The summed E-state index contributed by atoms with van der Waals surface area (Å²) in [6.45, 7) is 10.3. The first-order chi connectivity index (χ1) is 9.11. The molecular formula is C15H25ClN2S. The topological polar surface area (TPSA) is 15.3 Å². The van der Waals surface area contributed by atoms with Crippen LogP contribution in [0.4, 0.5) is 0 Å². The summed E-state index contributed by atoms with van der Waals surface area (Å²) in [5, 5.41) is 3.69. The smallest absolute Gasteiger partial charge is 0.0931 e. The van der Waals surface area contributed by atoms with E-state index in [-0.39, 0.29) is 0 Å². The van der Waals surface area contributed by atoms with E-state index in [9.17, 15) is 0 Å². The van der Waals surface area contributed by atoms with Crippen LogP contribution in [0.25, 0.3) is 0 Å². The van der Waals surface area contributed by atoms with Gasteiger partial charge >= 0.3 is 0 Å². The lowest BCUT2D eigenvalue weighted by Crippen LogP contribution is -2.53. The molecule has 0 radical (unpaired) electrons. The molecule has 3 unspecified atom stereocenters. The van der Waals surface area contributed by atoms with E-state index >= 15 is 0 Å². The molecule has 1 aromatic heterocycles. The van der Waals surface area contributed by atoms with Gasteiger partial charge in [0.25, 0.3) is 0 Å². The van der Waals surface area contributed by atoms with Crippen molar-refractivity contribution in [2.75, 3.05) is 13.1 Å². The van der Waals surface area contributed by atoms with Gasteiger partial charge in [0.2, 0.25) is 0 Å². The Morgan fingerprint density at radius 3 is 2.84 bits per heavy atom.